The third kappa shape index (κ3) is 4.38. The lowest BCUT2D eigenvalue weighted by Crippen LogP contribution is -2.01. The summed E-state index contributed by atoms with van der Waals surface area (Å²) in [5.41, 5.74) is 1.21. The number of ether oxygens (including phenoxy) is 1. The molecule has 0 saturated heterocycles. The van der Waals surface area contributed by atoms with E-state index in [0.29, 0.717) is 12.5 Å². The molecule has 1 aliphatic carbocycles. The van der Waals surface area contributed by atoms with E-state index in [0.717, 1.165) is 5.92 Å². The van der Waals surface area contributed by atoms with Crippen molar-refractivity contribution in [3.8, 4) is 0 Å². The van der Waals surface area contributed by atoms with Gasteiger partial charge in [0.1, 0.15) is 0 Å². The van der Waals surface area contributed by atoms with Gasteiger partial charge in [-0.2, -0.15) is 0 Å². The third-order valence-corrected chi connectivity index (χ3v) is 3.32. The van der Waals surface area contributed by atoms with Gasteiger partial charge in [0.2, 0.25) is 0 Å². The lowest BCUT2D eigenvalue weighted by Gasteiger charge is -2.01. The number of hydrogen-bond donors (Lipinski definition) is 0. The molecule has 0 N–H and O–H groups in total. The molecule has 92 valence electrons. The summed E-state index contributed by atoms with van der Waals surface area (Å²) in [4.78, 5) is 11.3. The molecule has 2 heteroatoms. The summed E-state index contributed by atoms with van der Waals surface area (Å²) >= 11 is 0. The van der Waals surface area contributed by atoms with Crippen LogP contribution in [0.3, 0.4) is 0 Å². The van der Waals surface area contributed by atoms with Gasteiger partial charge < -0.3 is 4.74 Å². The molecule has 0 bridgehead atoms. The van der Waals surface area contributed by atoms with E-state index in [2.05, 4.69) is 13.8 Å². The van der Waals surface area contributed by atoms with Gasteiger partial charge in [0.05, 0.1) is 6.61 Å². The van der Waals surface area contributed by atoms with Gasteiger partial charge in [-0.15, -0.1) is 0 Å². The van der Waals surface area contributed by atoms with Crippen LogP contribution in [0.5, 0.6) is 0 Å². The average molecular weight is 224 g/mol. The van der Waals surface area contributed by atoms with Crippen LogP contribution in [0.4, 0.5) is 0 Å². The molecule has 0 spiro atoms. The molecular weight excluding hydrogens is 200 g/mol. The number of carbonyl (C=O) groups excluding carboxylic acids is 1. The first kappa shape index (κ1) is 13.3. The molecule has 0 amide bonds. The Morgan fingerprint density at radius 3 is 2.75 bits per heavy atom. The second-order valence-electron chi connectivity index (χ2n) is 4.74. The number of rotatable bonds is 7. The minimum atomic E-state index is -0.181. The highest BCUT2D eigenvalue weighted by Gasteiger charge is 2.37. The molecule has 2 atom stereocenters. The average Bonchev–Trinajstić information content (AvgIpc) is 2.98. The van der Waals surface area contributed by atoms with Crippen LogP contribution in [0.2, 0.25) is 0 Å². The molecule has 0 radical (unpaired) electrons. The molecule has 1 fully saturated rings. The monoisotopic (exact) mass is 224 g/mol. The predicted octanol–water partition coefficient (Wildman–Crippen LogP) is 3.71. The summed E-state index contributed by atoms with van der Waals surface area (Å²) in [6.07, 6.45) is 8.23. The SMILES string of the molecule is CCCCC[C@@H]1C[C@H]1/C(C)=C\C(=O)OCC. The lowest BCUT2D eigenvalue weighted by atomic mass is 10.1. The Labute approximate surface area is 99.1 Å². The second kappa shape index (κ2) is 6.72. The molecule has 1 rings (SSSR count). The van der Waals surface area contributed by atoms with Crippen molar-refractivity contribution < 1.29 is 9.53 Å². The Bertz CT molecular complexity index is 255. The van der Waals surface area contributed by atoms with E-state index in [1.165, 1.54) is 37.7 Å². The smallest absolute Gasteiger partial charge is 0.330 e. The maximum Gasteiger partial charge on any atom is 0.330 e. The third-order valence-electron chi connectivity index (χ3n) is 3.32. The number of hydrogen-bond acceptors (Lipinski definition) is 2. The highest BCUT2D eigenvalue weighted by Crippen LogP contribution is 2.47. The van der Waals surface area contributed by atoms with Crippen molar-refractivity contribution in [1.29, 1.82) is 0 Å². The highest BCUT2D eigenvalue weighted by atomic mass is 16.5. The van der Waals surface area contributed by atoms with E-state index in [-0.39, 0.29) is 5.97 Å². The molecule has 16 heavy (non-hydrogen) atoms. The van der Waals surface area contributed by atoms with Crippen molar-refractivity contribution in [2.24, 2.45) is 11.8 Å². The highest BCUT2D eigenvalue weighted by molar-refractivity contribution is 5.82. The lowest BCUT2D eigenvalue weighted by molar-refractivity contribution is -0.137. The van der Waals surface area contributed by atoms with E-state index in [9.17, 15) is 4.79 Å². The summed E-state index contributed by atoms with van der Waals surface area (Å²) in [5, 5.41) is 0. The molecule has 0 aromatic heterocycles. The zero-order chi connectivity index (χ0) is 12.0. The van der Waals surface area contributed by atoms with Crippen LogP contribution in [0, 0.1) is 11.8 Å². The fourth-order valence-corrected chi connectivity index (χ4v) is 2.26. The zero-order valence-corrected chi connectivity index (χ0v) is 10.8. The van der Waals surface area contributed by atoms with Gasteiger partial charge in [0.15, 0.2) is 0 Å². The van der Waals surface area contributed by atoms with E-state index < -0.39 is 0 Å². The molecule has 0 unspecified atom stereocenters. The zero-order valence-electron chi connectivity index (χ0n) is 10.8. The first-order valence-electron chi connectivity index (χ1n) is 6.54. The molecule has 0 aliphatic heterocycles. The second-order valence-corrected chi connectivity index (χ2v) is 4.74. The molecule has 0 aromatic rings. The topological polar surface area (TPSA) is 26.3 Å². The van der Waals surface area contributed by atoms with Crippen molar-refractivity contribution in [2.45, 2.75) is 52.9 Å². The van der Waals surface area contributed by atoms with Crippen molar-refractivity contribution in [3.63, 3.8) is 0 Å². The maximum absolute atomic E-state index is 11.3. The molecule has 1 saturated carbocycles. The molecule has 0 heterocycles. The van der Waals surface area contributed by atoms with Crippen LogP contribution < -0.4 is 0 Å². The normalized spacial score (nSPS) is 24.3. The van der Waals surface area contributed by atoms with Crippen molar-refractivity contribution in [1.82, 2.24) is 0 Å². The van der Waals surface area contributed by atoms with Crippen LogP contribution >= 0.6 is 0 Å². The van der Waals surface area contributed by atoms with Crippen LogP contribution in [0.15, 0.2) is 11.6 Å². The number of carbonyl (C=O) groups is 1. The molecular formula is C14H24O2. The first-order valence-corrected chi connectivity index (χ1v) is 6.54. The van der Waals surface area contributed by atoms with Crippen LogP contribution in [-0.4, -0.2) is 12.6 Å². The first-order chi connectivity index (χ1) is 7.69. The standard InChI is InChI=1S/C14H24O2/c1-4-6-7-8-12-10-13(12)11(3)9-14(15)16-5-2/h9,12-13H,4-8,10H2,1-3H3/b11-9-/t12-,13+/m1/s1. The maximum atomic E-state index is 11.3. The van der Waals surface area contributed by atoms with Crippen molar-refractivity contribution in [2.75, 3.05) is 6.61 Å². The van der Waals surface area contributed by atoms with Gasteiger partial charge in [-0.25, -0.2) is 4.79 Å². The van der Waals surface area contributed by atoms with Gasteiger partial charge in [-0.3, -0.25) is 0 Å². The van der Waals surface area contributed by atoms with E-state index in [1.54, 1.807) is 6.08 Å². The quantitative estimate of drug-likeness (QED) is 0.374. The van der Waals surface area contributed by atoms with Gasteiger partial charge in [0.25, 0.3) is 0 Å². The van der Waals surface area contributed by atoms with E-state index in [4.69, 9.17) is 4.74 Å². The molecule has 1 aliphatic rings. The largest absolute Gasteiger partial charge is 0.463 e. The number of unbranched alkanes of at least 4 members (excludes halogenated alkanes) is 2. The summed E-state index contributed by atoms with van der Waals surface area (Å²) in [5.74, 6) is 1.30. The fourth-order valence-electron chi connectivity index (χ4n) is 2.26. The molecule has 0 aromatic carbocycles. The van der Waals surface area contributed by atoms with Gasteiger partial charge in [-0.1, -0.05) is 31.8 Å². The van der Waals surface area contributed by atoms with Crippen LogP contribution in [0.1, 0.15) is 52.9 Å². The number of allylic oxidation sites excluding steroid dienone is 1. The fraction of sp³-hybridized carbons (Fsp3) is 0.786. The summed E-state index contributed by atoms with van der Waals surface area (Å²) in [7, 11) is 0. The van der Waals surface area contributed by atoms with E-state index in [1.807, 2.05) is 6.92 Å². The van der Waals surface area contributed by atoms with Crippen molar-refractivity contribution >= 4 is 5.97 Å². The molecule has 2 nitrogen and oxygen atoms in total. The van der Waals surface area contributed by atoms with Crippen LogP contribution in [-0.2, 0) is 9.53 Å². The Hall–Kier alpha value is -0.790. The Morgan fingerprint density at radius 1 is 1.38 bits per heavy atom. The Balaban J connectivity index is 2.24. The Kier molecular flexibility index (Phi) is 5.58. The summed E-state index contributed by atoms with van der Waals surface area (Å²) in [6, 6.07) is 0. The Morgan fingerprint density at radius 2 is 2.12 bits per heavy atom. The van der Waals surface area contributed by atoms with Gasteiger partial charge >= 0.3 is 5.97 Å². The summed E-state index contributed by atoms with van der Waals surface area (Å²) in [6.45, 7) is 6.59. The minimum Gasteiger partial charge on any atom is -0.463 e. The van der Waals surface area contributed by atoms with Gasteiger partial charge in [-0.05, 0) is 38.5 Å². The van der Waals surface area contributed by atoms with Crippen LogP contribution in [0.25, 0.3) is 0 Å². The number of esters is 1. The van der Waals surface area contributed by atoms with Gasteiger partial charge in [0, 0.05) is 6.08 Å². The minimum absolute atomic E-state index is 0.181. The van der Waals surface area contributed by atoms with Crippen molar-refractivity contribution in [3.05, 3.63) is 11.6 Å². The summed E-state index contributed by atoms with van der Waals surface area (Å²) < 4.78 is 4.91. The van der Waals surface area contributed by atoms with E-state index >= 15 is 0 Å². The predicted molar refractivity (Wildman–Crippen MR) is 66.1 cm³/mol.